The molecule has 0 saturated carbocycles. The van der Waals surface area contributed by atoms with Crippen LogP contribution in [0.5, 0.6) is 11.6 Å². The van der Waals surface area contributed by atoms with E-state index in [0.717, 1.165) is 43.2 Å². The maximum atomic E-state index is 12.7. The van der Waals surface area contributed by atoms with Crippen LogP contribution < -0.4 is 15.0 Å². The highest BCUT2D eigenvalue weighted by Gasteiger charge is 2.12. The quantitative estimate of drug-likeness (QED) is 0.414. The Morgan fingerprint density at radius 1 is 0.914 bits per heavy atom. The summed E-state index contributed by atoms with van der Waals surface area (Å²) in [7, 11) is 0. The van der Waals surface area contributed by atoms with E-state index in [9.17, 15) is 4.79 Å². The minimum Gasteiger partial charge on any atom is -0.439 e. The SMILES string of the molecule is Cc1ccc(-c2nccc(Oc3ccc(C(=O)Nc4ccc(N5CCOCC5)cc4)cc3)n2)cc1. The molecule has 0 unspecified atom stereocenters. The van der Waals surface area contributed by atoms with Crippen LogP contribution in [-0.2, 0) is 4.74 Å². The number of anilines is 2. The highest BCUT2D eigenvalue weighted by atomic mass is 16.5. The molecular weight excluding hydrogens is 440 g/mol. The number of aromatic nitrogens is 2. The molecule has 35 heavy (non-hydrogen) atoms. The second-order valence-corrected chi connectivity index (χ2v) is 8.31. The summed E-state index contributed by atoms with van der Waals surface area (Å²) in [6.45, 7) is 5.27. The fraction of sp³-hybridized carbons (Fsp3) is 0.179. The molecule has 2 heterocycles. The molecule has 0 spiro atoms. The molecule has 0 radical (unpaired) electrons. The average Bonchev–Trinajstić information content (AvgIpc) is 2.91. The standard InChI is InChI=1S/C28H26N4O3/c1-20-2-4-21(5-3-20)27-29-15-14-26(31-27)35-25-12-6-22(7-13-25)28(33)30-23-8-10-24(11-9-23)32-16-18-34-19-17-32/h2-15H,16-19H2,1H3,(H,30,33). The number of hydrogen-bond acceptors (Lipinski definition) is 6. The smallest absolute Gasteiger partial charge is 0.255 e. The van der Waals surface area contributed by atoms with E-state index < -0.39 is 0 Å². The summed E-state index contributed by atoms with van der Waals surface area (Å²) in [5, 5.41) is 2.94. The molecule has 0 aliphatic carbocycles. The van der Waals surface area contributed by atoms with Gasteiger partial charge in [0.25, 0.3) is 5.91 Å². The first-order valence-electron chi connectivity index (χ1n) is 11.6. The van der Waals surface area contributed by atoms with Gasteiger partial charge in [-0.2, -0.15) is 4.98 Å². The first-order valence-corrected chi connectivity index (χ1v) is 11.6. The van der Waals surface area contributed by atoms with Gasteiger partial charge < -0.3 is 19.7 Å². The fourth-order valence-corrected chi connectivity index (χ4v) is 3.82. The third-order valence-electron chi connectivity index (χ3n) is 5.78. The van der Waals surface area contributed by atoms with Crippen LogP contribution in [0.2, 0.25) is 0 Å². The number of carbonyl (C=O) groups excluding carboxylic acids is 1. The van der Waals surface area contributed by atoms with Crippen molar-refractivity contribution < 1.29 is 14.3 Å². The molecule has 7 nitrogen and oxygen atoms in total. The zero-order valence-corrected chi connectivity index (χ0v) is 19.5. The minimum absolute atomic E-state index is 0.181. The topological polar surface area (TPSA) is 76.6 Å². The molecule has 1 amide bonds. The number of nitrogens with one attached hydrogen (secondary N) is 1. The summed E-state index contributed by atoms with van der Waals surface area (Å²) >= 11 is 0. The van der Waals surface area contributed by atoms with Crippen LogP contribution in [0.4, 0.5) is 11.4 Å². The van der Waals surface area contributed by atoms with Crippen molar-refractivity contribution >= 4 is 17.3 Å². The van der Waals surface area contributed by atoms with Crippen molar-refractivity contribution in [3.8, 4) is 23.0 Å². The predicted octanol–water partition coefficient (Wildman–Crippen LogP) is 5.33. The van der Waals surface area contributed by atoms with Gasteiger partial charge >= 0.3 is 0 Å². The van der Waals surface area contributed by atoms with E-state index in [1.807, 2.05) is 55.5 Å². The zero-order valence-electron chi connectivity index (χ0n) is 19.5. The second-order valence-electron chi connectivity index (χ2n) is 8.31. The molecule has 1 aliphatic heterocycles. The summed E-state index contributed by atoms with van der Waals surface area (Å²) in [5.41, 5.74) is 4.51. The maximum absolute atomic E-state index is 12.7. The summed E-state index contributed by atoms with van der Waals surface area (Å²) < 4.78 is 11.3. The van der Waals surface area contributed by atoms with E-state index in [4.69, 9.17) is 9.47 Å². The van der Waals surface area contributed by atoms with Crippen molar-refractivity contribution in [2.45, 2.75) is 6.92 Å². The van der Waals surface area contributed by atoms with Crippen LogP contribution in [0.25, 0.3) is 11.4 Å². The van der Waals surface area contributed by atoms with Gasteiger partial charge in [-0.15, -0.1) is 0 Å². The van der Waals surface area contributed by atoms with Gasteiger partial charge in [-0.3, -0.25) is 4.79 Å². The Balaban J connectivity index is 1.21. The van der Waals surface area contributed by atoms with Crippen LogP contribution in [0, 0.1) is 6.92 Å². The Labute approximate surface area is 204 Å². The van der Waals surface area contributed by atoms with Gasteiger partial charge in [-0.1, -0.05) is 29.8 Å². The Hall–Kier alpha value is -4.23. The number of aryl methyl sites for hydroxylation is 1. The predicted molar refractivity (Wildman–Crippen MR) is 136 cm³/mol. The largest absolute Gasteiger partial charge is 0.439 e. The normalized spacial score (nSPS) is 13.3. The van der Waals surface area contributed by atoms with Crippen molar-refractivity contribution in [3.63, 3.8) is 0 Å². The number of carbonyl (C=O) groups is 1. The van der Waals surface area contributed by atoms with E-state index in [1.54, 1.807) is 36.5 Å². The third-order valence-corrected chi connectivity index (χ3v) is 5.78. The molecule has 0 bridgehead atoms. The summed E-state index contributed by atoms with van der Waals surface area (Å²) in [5.74, 6) is 1.44. The van der Waals surface area contributed by atoms with Gasteiger partial charge in [0.1, 0.15) is 5.75 Å². The van der Waals surface area contributed by atoms with E-state index in [0.29, 0.717) is 23.0 Å². The molecular formula is C28H26N4O3. The van der Waals surface area contributed by atoms with E-state index in [2.05, 4.69) is 20.2 Å². The number of nitrogens with zero attached hydrogens (tertiary/aromatic N) is 3. The molecule has 4 aromatic rings. The highest BCUT2D eigenvalue weighted by molar-refractivity contribution is 6.04. The monoisotopic (exact) mass is 466 g/mol. The highest BCUT2D eigenvalue weighted by Crippen LogP contribution is 2.24. The number of ether oxygens (including phenoxy) is 2. The number of rotatable bonds is 6. The van der Waals surface area contributed by atoms with Gasteiger partial charge in [-0.25, -0.2) is 4.98 Å². The third kappa shape index (κ3) is 5.65. The maximum Gasteiger partial charge on any atom is 0.255 e. The number of hydrogen-bond donors (Lipinski definition) is 1. The molecule has 0 atom stereocenters. The second kappa shape index (κ2) is 10.4. The van der Waals surface area contributed by atoms with E-state index in [-0.39, 0.29) is 5.91 Å². The fourth-order valence-electron chi connectivity index (χ4n) is 3.82. The van der Waals surface area contributed by atoms with Crippen molar-refractivity contribution in [2.24, 2.45) is 0 Å². The average molecular weight is 467 g/mol. The van der Waals surface area contributed by atoms with Crippen LogP contribution >= 0.6 is 0 Å². The van der Waals surface area contributed by atoms with Crippen LogP contribution in [0.3, 0.4) is 0 Å². The molecule has 5 rings (SSSR count). The molecule has 1 fully saturated rings. The van der Waals surface area contributed by atoms with Crippen molar-refractivity contribution in [2.75, 3.05) is 36.5 Å². The zero-order chi connectivity index (χ0) is 24.0. The van der Waals surface area contributed by atoms with Gasteiger partial charge in [0.05, 0.1) is 13.2 Å². The van der Waals surface area contributed by atoms with Gasteiger partial charge in [-0.05, 0) is 55.5 Å². The first-order chi connectivity index (χ1) is 17.1. The van der Waals surface area contributed by atoms with E-state index in [1.165, 1.54) is 5.56 Å². The molecule has 3 aromatic carbocycles. The van der Waals surface area contributed by atoms with Gasteiger partial charge in [0, 0.05) is 47.9 Å². The Bertz CT molecular complexity index is 1280. The lowest BCUT2D eigenvalue weighted by Gasteiger charge is -2.28. The molecule has 7 heteroatoms. The number of amides is 1. The number of benzene rings is 3. The Kier molecular flexibility index (Phi) is 6.68. The van der Waals surface area contributed by atoms with Gasteiger partial charge in [0.2, 0.25) is 5.88 Å². The lowest BCUT2D eigenvalue weighted by Crippen LogP contribution is -2.36. The van der Waals surface area contributed by atoms with Crippen LogP contribution in [0.1, 0.15) is 15.9 Å². The van der Waals surface area contributed by atoms with Crippen molar-refractivity contribution in [1.82, 2.24) is 9.97 Å². The minimum atomic E-state index is -0.181. The lowest BCUT2D eigenvalue weighted by atomic mass is 10.1. The molecule has 176 valence electrons. The van der Waals surface area contributed by atoms with E-state index >= 15 is 0 Å². The van der Waals surface area contributed by atoms with Crippen molar-refractivity contribution in [3.05, 3.63) is 96.2 Å². The Morgan fingerprint density at radius 3 is 2.34 bits per heavy atom. The lowest BCUT2D eigenvalue weighted by molar-refractivity contribution is 0.102. The summed E-state index contributed by atoms with van der Waals surface area (Å²) in [6, 6.07) is 24.6. The summed E-state index contributed by atoms with van der Waals surface area (Å²) in [4.78, 5) is 23.8. The molecule has 1 aromatic heterocycles. The van der Waals surface area contributed by atoms with Gasteiger partial charge in [0.15, 0.2) is 5.82 Å². The molecule has 1 N–H and O–H groups in total. The molecule has 1 aliphatic rings. The number of morpholine rings is 1. The molecule has 1 saturated heterocycles. The van der Waals surface area contributed by atoms with Crippen LogP contribution in [-0.4, -0.2) is 42.2 Å². The first kappa shape index (κ1) is 22.6. The summed E-state index contributed by atoms with van der Waals surface area (Å²) in [6.07, 6.45) is 1.67. The van der Waals surface area contributed by atoms with Crippen molar-refractivity contribution in [1.29, 1.82) is 0 Å². The Morgan fingerprint density at radius 2 is 1.63 bits per heavy atom. The van der Waals surface area contributed by atoms with Crippen LogP contribution in [0.15, 0.2) is 85.1 Å².